The van der Waals surface area contributed by atoms with Crippen LogP contribution >= 0.6 is 0 Å². The van der Waals surface area contributed by atoms with Gasteiger partial charge in [0.15, 0.2) is 5.82 Å². The van der Waals surface area contributed by atoms with Gasteiger partial charge in [0.25, 0.3) is 0 Å². The number of aromatic nitrogens is 2. The number of hydrogen-bond acceptors (Lipinski definition) is 5. The molecule has 5 nitrogen and oxygen atoms in total. The molecule has 0 atom stereocenters. The minimum atomic E-state index is -0.400. The highest BCUT2D eigenvalue weighted by Gasteiger charge is 2.36. The van der Waals surface area contributed by atoms with Crippen molar-refractivity contribution in [1.29, 1.82) is 0 Å². The van der Waals surface area contributed by atoms with Crippen molar-refractivity contribution in [1.82, 2.24) is 15.0 Å². The van der Waals surface area contributed by atoms with E-state index in [1.54, 1.807) is 6.92 Å². The largest absolute Gasteiger partial charge is 0.340 e. The Balaban J connectivity index is 2.06. The molecule has 0 spiro atoms. The van der Waals surface area contributed by atoms with Crippen molar-refractivity contribution < 1.29 is 4.52 Å². The van der Waals surface area contributed by atoms with Crippen LogP contribution in [-0.4, -0.2) is 34.2 Å². The van der Waals surface area contributed by atoms with Gasteiger partial charge in [-0.15, -0.1) is 0 Å². The number of rotatable bonds is 2. The van der Waals surface area contributed by atoms with Crippen LogP contribution in [0.3, 0.4) is 0 Å². The van der Waals surface area contributed by atoms with Crippen LogP contribution in [0.5, 0.6) is 0 Å². The highest BCUT2D eigenvalue weighted by molar-refractivity contribution is 5.06. The summed E-state index contributed by atoms with van der Waals surface area (Å²) in [7, 11) is 0. The van der Waals surface area contributed by atoms with Gasteiger partial charge in [-0.25, -0.2) is 0 Å². The molecule has 90 valence electrons. The van der Waals surface area contributed by atoms with Gasteiger partial charge in [0.05, 0.1) is 5.54 Å². The van der Waals surface area contributed by atoms with Crippen molar-refractivity contribution in [3.63, 3.8) is 0 Å². The molecule has 1 aromatic rings. The van der Waals surface area contributed by atoms with Gasteiger partial charge in [-0.2, -0.15) is 4.98 Å². The molecule has 16 heavy (non-hydrogen) atoms. The summed E-state index contributed by atoms with van der Waals surface area (Å²) in [5.41, 5.74) is 5.94. The number of hydrogen-bond donors (Lipinski definition) is 1. The lowest BCUT2D eigenvalue weighted by atomic mass is 9.87. The zero-order chi connectivity index (χ0) is 11.8. The zero-order valence-corrected chi connectivity index (χ0v) is 10.2. The summed E-state index contributed by atoms with van der Waals surface area (Å²) >= 11 is 0. The minimum absolute atomic E-state index is 0.400. The van der Waals surface area contributed by atoms with Gasteiger partial charge in [-0.3, -0.25) is 0 Å². The van der Waals surface area contributed by atoms with Crippen LogP contribution in [0, 0.1) is 6.92 Å². The molecule has 0 unspecified atom stereocenters. The van der Waals surface area contributed by atoms with Crippen molar-refractivity contribution >= 4 is 0 Å². The summed E-state index contributed by atoms with van der Waals surface area (Å²) in [5, 5.41) is 3.95. The molecule has 1 aliphatic rings. The van der Waals surface area contributed by atoms with Crippen LogP contribution in [-0.2, 0) is 5.54 Å². The third-order valence-electron chi connectivity index (χ3n) is 3.39. The Labute approximate surface area is 96.0 Å². The topological polar surface area (TPSA) is 68.2 Å². The van der Waals surface area contributed by atoms with Crippen LogP contribution in [0.4, 0.5) is 0 Å². The van der Waals surface area contributed by atoms with E-state index in [1.807, 2.05) is 0 Å². The van der Waals surface area contributed by atoms with Crippen LogP contribution in [0.2, 0.25) is 0 Å². The quantitative estimate of drug-likeness (QED) is 0.812. The number of likely N-dealkylation sites (tertiary alicyclic amines) is 1. The fourth-order valence-electron chi connectivity index (χ4n) is 2.16. The average Bonchev–Trinajstić information content (AvgIpc) is 2.66. The molecule has 0 saturated carbocycles. The summed E-state index contributed by atoms with van der Waals surface area (Å²) in [6.07, 6.45) is 1.79. The normalized spacial score (nSPS) is 21.6. The van der Waals surface area contributed by atoms with E-state index >= 15 is 0 Å². The SMILES string of the molecule is Cc1nc(C2(N)CCN(C(C)C)CC2)no1. The van der Waals surface area contributed by atoms with Crippen molar-refractivity contribution in [2.45, 2.75) is 45.2 Å². The molecule has 2 N–H and O–H groups in total. The first-order valence-electron chi connectivity index (χ1n) is 5.85. The van der Waals surface area contributed by atoms with Crippen LogP contribution < -0.4 is 5.73 Å². The second kappa shape index (κ2) is 4.14. The van der Waals surface area contributed by atoms with E-state index in [2.05, 4.69) is 28.9 Å². The molecule has 0 bridgehead atoms. The minimum Gasteiger partial charge on any atom is -0.340 e. The van der Waals surface area contributed by atoms with Crippen molar-refractivity contribution in [2.24, 2.45) is 5.73 Å². The number of nitrogens with two attached hydrogens (primary N) is 1. The molecule has 1 saturated heterocycles. The lowest BCUT2D eigenvalue weighted by molar-refractivity contribution is 0.125. The fourth-order valence-corrected chi connectivity index (χ4v) is 2.16. The predicted octanol–water partition coefficient (Wildman–Crippen LogP) is 1.04. The summed E-state index contributed by atoms with van der Waals surface area (Å²) in [6, 6.07) is 0.580. The fraction of sp³-hybridized carbons (Fsp3) is 0.818. The molecular weight excluding hydrogens is 204 g/mol. The molecule has 0 aliphatic carbocycles. The van der Waals surface area contributed by atoms with Crippen molar-refractivity contribution in [3.05, 3.63) is 11.7 Å². The van der Waals surface area contributed by atoms with Gasteiger partial charge < -0.3 is 15.2 Å². The van der Waals surface area contributed by atoms with Crippen LogP contribution in [0.25, 0.3) is 0 Å². The van der Waals surface area contributed by atoms with Gasteiger partial charge in [0.2, 0.25) is 5.89 Å². The zero-order valence-electron chi connectivity index (χ0n) is 10.2. The van der Waals surface area contributed by atoms with Crippen molar-refractivity contribution in [3.8, 4) is 0 Å². The molecule has 1 aliphatic heterocycles. The highest BCUT2D eigenvalue weighted by Crippen LogP contribution is 2.28. The molecule has 0 amide bonds. The van der Waals surface area contributed by atoms with E-state index in [9.17, 15) is 0 Å². The predicted molar refractivity (Wildman–Crippen MR) is 60.8 cm³/mol. The van der Waals surface area contributed by atoms with E-state index < -0.39 is 5.54 Å². The Kier molecular flexibility index (Phi) is 2.99. The number of aryl methyl sites for hydroxylation is 1. The van der Waals surface area contributed by atoms with E-state index in [-0.39, 0.29) is 0 Å². The Bertz CT molecular complexity index is 353. The third kappa shape index (κ3) is 2.10. The van der Waals surface area contributed by atoms with Crippen LogP contribution in [0.15, 0.2) is 4.52 Å². The van der Waals surface area contributed by atoms with Gasteiger partial charge in [0.1, 0.15) is 0 Å². The van der Waals surface area contributed by atoms with Crippen LogP contribution in [0.1, 0.15) is 38.4 Å². The molecular formula is C11H20N4O. The molecule has 5 heteroatoms. The standard InChI is InChI=1S/C11H20N4O/c1-8(2)15-6-4-11(12,5-7-15)10-13-9(3)16-14-10/h8H,4-7,12H2,1-3H3. The first-order valence-corrected chi connectivity index (χ1v) is 5.85. The van der Waals surface area contributed by atoms with Crippen molar-refractivity contribution in [2.75, 3.05) is 13.1 Å². The second-order valence-electron chi connectivity index (χ2n) is 4.92. The summed E-state index contributed by atoms with van der Waals surface area (Å²) in [5.74, 6) is 1.25. The molecule has 2 rings (SSSR count). The van der Waals surface area contributed by atoms with E-state index in [0.29, 0.717) is 17.8 Å². The summed E-state index contributed by atoms with van der Waals surface area (Å²) in [4.78, 5) is 6.68. The highest BCUT2D eigenvalue weighted by atomic mass is 16.5. The smallest absolute Gasteiger partial charge is 0.223 e. The first kappa shape index (κ1) is 11.5. The maximum Gasteiger partial charge on any atom is 0.223 e. The van der Waals surface area contributed by atoms with Gasteiger partial charge in [0, 0.05) is 26.1 Å². The maximum absolute atomic E-state index is 6.34. The molecule has 1 fully saturated rings. The number of piperidine rings is 1. The number of nitrogens with zero attached hydrogens (tertiary/aromatic N) is 3. The molecule has 1 aromatic heterocycles. The molecule has 0 aromatic carbocycles. The molecule has 2 heterocycles. The average molecular weight is 224 g/mol. The maximum atomic E-state index is 6.34. The monoisotopic (exact) mass is 224 g/mol. The third-order valence-corrected chi connectivity index (χ3v) is 3.39. The van der Waals surface area contributed by atoms with E-state index in [4.69, 9.17) is 10.3 Å². The van der Waals surface area contributed by atoms with Gasteiger partial charge in [-0.1, -0.05) is 5.16 Å². The summed E-state index contributed by atoms with van der Waals surface area (Å²) < 4.78 is 5.00. The lowest BCUT2D eigenvalue weighted by Crippen LogP contribution is -2.50. The second-order valence-corrected chi connectivity index (χ2v) is 4.92. The van der Waals surface area contributed by atoms with Gasteiger partial charge in [-0.05, 0) is 26.7 Å². The summed E-state index contributed by atoms with van der Waals surface area (Å²) in [6.45, 7) is 8.22. The Morgan fingerprint density at radius 3 is 2.44 bits per heavy atom. The Morgan fingerprint density at radius 1 is 1.38 bits per heavy atom. The van der Waals surface area contributed by atoms with E-state index in [1.165, 1.54) is 0 Å². The lowest BCUT2D eigenvalue weighted by Gasteiger charge is -2.39. The molecule has 0 radical (unpaired) electrons. The Hall–Kier alpha value is -0.940. The van der Waals surface area contributed by atoms with Gasteiger partial charge >= 0.3 is 0 Å². The van der Waals surface area contributed by atoms with E-state index in [0.717, 1.165) is 25.9 Å². The Morgan fingerprint density at radius 2 is 2.00 bits per heavy atom. The first-order chi connectivity index (χ1) is 7.51.